The molecule has 1 aromatic carbocycles. The van der Waals surface area contributed by atoms with Gasteiger partial charge in [-0.05, 0) is 37.5 Å². The number of anilines is 2. The number of rotatable bonds is 10. The molecule has 1 aliphatic heterocycles. The summed E-state index contributed by atoms with van der Waals surface area (Å²) < 4.78 is 1.72. The average molecular weight is 457 g/mol. The molecule has 0 amide bonds. The summed E-state index contributed by atoms with van der Waals surface area (Å²) in [6.45, 7) is 3.17. The van der Waals surface area contributed by atoms with Crippen molar-refractivity contribution in [2.24, 2.45) is 16.1 Å². The maximum atomic E-state index is 11.1. The predicted octanol–water partition coefficient (Wildman–Crippen LogP) is 2.95. The lowest BCUT2D eigenvalue weighted by Crippen LogP contribution is -2.56. The van der Waals surface area contributed by atoms with Crippen molar-refractivity contribution in [1.29, 1.82) is 5.26 Å². The molecule has 174 valence electrons. The van der Waals surface area contributed by atoms with Crippen LogP contribution in [-0.4, -0.2) is 46.2 Å². The summed E-state index contributed by atoms with van der Waals surface area (Å²) in [6, 6.07) is 16.7. The summed E-state index contributed by atoms with van der Waals surface area (Å²) in [4.78, 5) is 22.0. The number of aromatic nitrogens is 3. The minimum absolute atomic E-state index is 0.0266. The highest BCUT2D eigenvalue weighted by Gasteiger charge is 2.43. The van der Waals surface area contributed by atoms with Crippen LogP contribution in [0.2, 0.25) is 0 Å². The first-order valence-electron chi connectivity index (χ1n) is 11.2. The second-order valence-corrected chi connectivity index (χ2v) is 8.69. The monoisotopic (exact) mass is 456 g/mol. The molecule has 0 spiro atoms. The number of fused-ring (bicyclic) bond motifs is 1. The van der Waals surface area contributed by atoms with Crippen LogP contribution < -0.4 is 16.0 Å². The van der Waals surface area contributed by atoms with E-state index in [2.05, 4.69) is 55.6 Å². The molecule has 2 aromatic heterocycles. The van der Waals surface area contributed by atoms with Crippen molar-refractivity contribution in [3.8, 4) is 6.07 Å². The van der Waals surface area contributed by atoms with Gasteiger partial charge >= 0.3 is 0 Å². The molecule has 3 aromatic rings. The summed E-state index contributed by atoms with van der Waals surface area (Å²) in [5, 5.41) is 17.0. The summed E-state index contributed by atoms with van der Waals surface area (Å²) in [5.74, 6) is 0.347. The first-order valence-corrected chi connectivity index (χ1v) is 11.2. The first-order chi connectivity index (χ1) is 16.5. The number of pyridine rings is 1. The van der Waals surface area contributed by atoms with Crippen LogP contribution in [0.25, 0.3) is 5.65 Å². The number of hydrogen-bond donors (Lipinski definition) is 2. The summed E-state index contributed by atoms with van der Waals surface area (Å²) >= 11 is 0. The molecule has 0 unspecified atom stereocenters. The number of aliphatic imine (C=N–C) groups is 1. The number of nitrogens with two attached hydrogens (primary N) is 1. The molecule has 3 N–H and O–H groups in total. The van der Waals surface area contributed by atoms with E-state index in [-0.39, 0.29) is 17.7 Å². The third-order valence-electron chi connectivity index (χ3n) is 5.96. The van der Waals surface area contributed by atoms with Gasteiger partial charge in [-0.3, -0.25) is 9.79 Å². The van der Waals surface area contributed by atoms with Gasteiger partial charge in [-0.15, -0.1) is 5.10 Å². The van der Waals surface area contributed by atoms with Crippen molar-refractivity contribution in [3.05, 3.63) is 66.1 Å². The van der Waals surface area contributed by atoms with Gasteiger partial charge in [0.15, 0.2) is 11.4 Å². The second-order valence-electron chi connectivity index (χ2n) is 8.69. The van der Waals surface area contributed by atoms with Gasteiger partial charge in [0.2, 0.25) is 5.95 Å². The van der Waals surface area contributed by atoms with Crippen LogP contribution in [-0.2, 0) is 11.2 Å². The minimum Gasteiger partial charge on any atom is -0.403 e. The molecule has 0 saturated carbocycles. The van der Waals surface area contributed by atoms with Crippen molar-refractivity contribution < 1.29 is 4.79 Å². The molecule has 1 saturated heterocycles. The zero-order chi connectivity index (χ0) is 24.0. The Morgan fingerprint density at radius 2 is 2.09 bits per heavy atom. The van der Waals surface area contributed by atoms with E-state index in [0.717, 1.165) is 37.3 Å². The highest BCUT2D eigenvalue weighted by atomic mass is 16.1. The number of carbonyl (C=O) groups excluding carboxylic acids is 1. The van der Waals surface area contributed by atoms with Crippen LogP contribution in [0.5, 0.6) is 0 Å². The van der Waals surface area contributed by atoms with Crippen LogP contribution in [0, 0.1) is 16.7 Å². The Labute approximate surface area is 198 Å². The number of allylic oxidation sites excluding steroid dienone is 1. The fraction of sp³-hybridized carbons (Fsp3) is 0.320. The van der Waals surface area contributed by atoms with E-state index in [0.29, 0.717) is 18.1 Å². The van der Waals surface area contributed by atoms with Gasteiger partial charge in [0.05, 0.1) is 24.0 Å². The van der Waals surface area contributed by atoms with Crippen LogP contribution >= 0.6 is 0 Å². The molecule has 34 heavy (non-hydrogen) atoms. The number of nitriles is 1. The Morgan fingerprint density at radius 3 is 2.79 bits per heavy atom. The lowest BCUT2D eigenvalue weighted by atomic mass is 9.72. The number of nitrogens with one attached hydrogen (secondary N) is 1. The molecule has 1 aliphatic rings. The summed E-state index contributed by atoms with van der Waals surface area (Å²) in [5.41, 5.74) is 9.13. The van der Waals surface area contributed by atoms with Gasteiger partial charge in [0, 0.05) is 43.5 Å². The van der Waals surface area contributed by atoms with E-state index in [9.17, 15) is 10.1 Å². The minimum atomic E-state index is -0.0334. The van der Waals surface area contributed by atoms with Crippen LogP contribution in [0.4, 0.5) is 11.6 Å². The fourth-order valence-electron chi connectivity index (χ4n) is 4.22. The van der Waals surface area contributed by atoms with Gasteiger partial charge in [-0.25, -0.2) is 4.52 Å². The predicted molar refractivity (Wildman–Crippen MR) is 133 cm³/mol. The summed E-state index contributed by atoms with van der Waals surface area (Å²) in [6.07, 6.45) is 7.14. The number of carbonyl (C=O) groups is 1. The Morgan fingerprint density at radius 1 is 1.29 bits per heavy atom. The standard InChI is InChI=1S/C25H28N8O/c1-19(34)15-28-16-21(14-27)29-24-30-23-22(8-5-13-33(23)31-24)32-17-25(18-32,11-12-26)10-9-20-6-3-2-4-7-20/h2-8,13-14,16H,9-11,15,17-18,27H2,1H3,(H,29,31). The highest BCUT2D eigenvalue weighted by molar-refractivity contribution is 5.85. The molecule has 9 nitrogen and oxygen atoms in total. The number of aryl methyl sites for hydroxylation is 1. The molecular weight excluding hydrogens is 428 g/mol. The van der Waals surface area contributed by atoms with Crippen molar-refractivity contribution in [2.75, 3.05) is 29.9 Å². The van der Waals surface area contributed by atoms with Crippen LogP contribution in [0.3, 0.4) is 0 Å². The topological polar surface area (TPSA) is 125 Å². The second kappa shape index (κ2) is 10.2. The Hall–Kier alpha value is -4.19. The molecule has 0 aliphatic carbocycles. The van der Waals surface area contributed by atoms with E-state index in [1.165, 1.54) is 24.9 Å². The van der Waals surface area contributed by atoms with Gasteiger partial charge in [0.1, 0.15) is 0 Å². The largest absolute Gasteiger partial charge is 0.403 e. The molecule has 0 radical (unpaired) electrons. The zero-order valence-corrected chi connectivity index (χ0v) is 19.2. The fourth-order valence-corrected chi connectivity index (χ4v) is 4.22. The smallest absolute Gasteiger partial charge is 0.247 e. The number of ketones is 1. The number of Topliss-reactive ketones (excluding diaryl/α,β-unsaturated/α-hetero) is 1. The molecule has 0 bridgehead atoms. The van der Waals surface area contributed by atoms with Gasteiger partial charge in [-0.2, -0.15) is 10.2 Å². The van der Waals surface area contributed by atoms with E-state index in [1.54, 1.807) is 4.52 Å². The third-order valence-corrected chi connectivity index (χ3v) is 5.96. The Bertz CT molecular complexity index is 1250. The zero-order valence-electron chi connectivity index (χ0n) is 19.2. The average Bonchev–Trinajstić information content (AvgIpc) is 3.23. The van der Waals surface area contributed by atoms with E-state index >= 15 is 0 Å². The van der Waals surface area contributed by atoms with Crippen molar-refractivity contribution in [1.82, 2.24) is 14.6 Å². The Balaban J connectivity index is 1.47. The van der Waals surface area contributed by atoms with E-state index < -0.39 is 0 Å². The van der Waals surface area contributed by atoms with Crippen LogP contribution in [0.15, 0.2) is 65.6 Å². The molecule has 9 heteroatoms. The quantitative estimate of drug-likeness (QED) is 0.449. The number of nitrogens with zero attached hydrogens (tertiary/aromatic N) is 6. The third kappa shape index (κ3) is 5.23. The van der Waals surface area contributed by atoms with E-state index in [4.69, 9.17) is 5.73 Å². The molecular formula is C25H28N8O. The van der Waals surface area contributed by atoms with Crippen LogP contribution in [0.1, 0.15) is 25.3 Å². The molecule has 3 heterocycles. The van der Waals surface area contributed by atoms with Gasteiger partial charge in [-0.1, -0.05) is 30.3 Å². The molecule has 4 rings (SSSR count). The van der Waals surface area contributed by atoms with Crippen molar-refractivity contribution in [2.45, 2.75) is 26.2 Å². The van der Waals surface area contributed by atoms with Gasteiger partial charge in [0.25, 0.3) is 0 Å². The molecule has 0 atom stereocenters. The summed E-state index contributed by atoms with van der Waals surface area (Å²) in [7, 11) is 0. The van der Waals surface area contributed by atoms with E-state index in [1.807, 2.05) is 24.4 Å². The number of benzene rings is 1. The van der Waals surface area contributed by atoms with Crippen molar-refractivity contribution >= 4 is 29.3 Å². The Kier molecular flexibility index (Phi) is 6.87. The SMILES string of the molecule is CC(=O)CN=CC(=CN)Nc1nc2c(N3CC(CC#N)(CCc4ccccc4)C3)cccn2n1. The maximum absolute atomic E-state index is 11.1. The maximum Gasteiger partial charge on any atom is 0.247 e. The van der Waals surface area contributed by atoms with Crippen molar-refractivity contribution in [3.63, 3.8) is 0 Å². The lowest BCUT2D eigenvalue weighted by Gasteiger charge is -2.50. The lowest BCUT2D eigenvalue weighted by molar-refractivity contribution is -0.115. The number of hydrogen-bond acceptors (Lipinski definition) is 8. The first kappa shape index (κ1) is 23.0. The van der Waals surface area contributed by atoms with Gasteiger partial charge < -0.3 is 16.0 Å². The molecule has 1 fully saturated rings. The highest BCUT2D eigenvalue weighted by Crippen LogP contribution is 2.42. The normalized spacial score (nSPS) is 15.3.